The van der Waals surface area contributed by atoms with Crippen molar-refractivity contribution in [2.24, 2.45) is 5.92 Å². The third kappa shape index (κ3) is 4.56. The summed E-state index contributed by atoms with van der Waals surface area (Å²) < 4.78 is 5.39. The number of allylic oxidation sites excluding steroid dienone is 1. The van der Waals surface area contributed by atoms with E-state index in [1.54, 1.807) is 0 Å². The number of hydrogen-bond donors (Lipinski definition) is 1. The van der Waals surface area contributed by atoms with Crippen molar-refractivity contribution in [1.29, 1.82) is 0 Å². The first-order valence-corrected chi connectivity index (χ1v) is 11.1. The van der Waals surface area contributed by atoms with Crippen molar-refractivity contribution in [3.8, 4) is 0 Å². The third-order valence-electron chi connectivity index (χ3n) is 6.12. The summed E-state index contributed by atoms with van der Waals surface area (Å²) in [6.45, 7) is 6.76. The molecule has 1 aromatic carbocycles. The van der Waals surface area contributed by atoms with Crippen molar-refractivity contribution in [2.45, 2.75) is 39.2 Å². The minimum atomic E-state index is -0.238. The van der Waals surface area contributed by atoms with Gasteiger partial charge in [0.2, 0.25) is 5.91 Å². The van der Waals surface area contributed by atoms with Crippen LogP contribution in [0.2, 0.25) is 0 Å². The molecule has 2 aliphatic heterocycles. The van der Waals surface area contributed by atoms with Gasteiger partial charge in [-0.15, -0.1) is 0 Å². The molecular weight excluding hydrogens is 392 g/mol. The second-order valence-corrected chi connectivity index (χ2v) is 8.09. The van der Waals surface area contributed by atoms with Crippen LogP contribution >= 0.6 is 0 Å². The van der Waals surface area contributed by atoms with Crippen LogP contribution in [-0.4, -0.2) is 48.2 Å². The van der Waals surface area contributed by atoms with Gasteiger partial charge in [-0.2, -0.15) is 0 Å². The Morgan fingerprint density at radius 3 is 2.84 bits per heavy atom. The number of amides is 1. The summed E-state index contributed by atoms with van der Waals surface area (Å²) in [5, 5.41) is 0. The molecule has 0 aliphatic carbocycles. The van der Waals surface area contributed by atoms with Crippen molar-refractivity contribution in [3.63, 3.8) is 0 Å². The Bertz CT molecular complexity index is 1010. The van der Waals surface area contributed by atoms with Gasteiger partial charge in [-0.25, -0.2) is 4.98 Å². The Kier molecular flexibility index (Phi) is 6.51. The number of benzene rings is 1. The van der Waals surface area contributed by atoms with Crippen molar-refractivity contribution < 1.29 is 9.53 Å². The average molecular weight is 423 g/mol. The van der Waals surface area contributed by atoms with Gasteiger partial charge >= 0.3 is 0 Å². The Labute approximate surface area is 182 Å². The lowest BCUT2D eigenvalue weighted by molar-refractivity contribution is -0.118. The molecule has 1 N–H and O–H groups in total. The first-order valence-electron chi connectivity index (χ1n) is 11.1. The Balaban J connectivity index is 1.61. The molecule has 31 heavy (non-hydrogen) atoms. The van der Waals surface area contributed by atoms with Gasteiger partial charge in [0.15, 0.2) is 0 Å². The molecule has 0 spiro atoms. The van der Waals surface area contributed by atoms with Crippen LogP contribution in [0.3, 0.4) is 0 Å². The Morgan fingerprint density at radius 1 is 1.32 bits per heavy atom. The number of fused-ring (bicyclic) bond motifs is 1. The minimum absolute atomic E-state index is 0.0415. The van der Waals surface area contributed by atoms with Gasteiger partial charge < -0.3 is 19.5 Å². The monoisotopic (exact) mass is 422 g/mol. The molecule has 2 unspecified atom stereocenters. The highest BCUT2D eigenvalue weighted by Crippen LogP contribution is 2.37. The molecule has 2 aromatic rings. The largest absolute Gasteiger partial charge is 0.378 e. The maximum absolute atomic E-state index is 13.5. The number of H-pyrrole nitrogens is 1. The van der Waals surface area contributed by atoms with E-state index in [2.05, 4.69) is 35.1 Å². The highest BCUT2D eigenvalue weighted by Gasteiger charge is 2.37. The number of para-hydroxylation sites is 1. The van der Waals surface area contributed by atoms with E-state index in [-0.39, 0.29) is 29.8 Å². The summed E-state index contributed by atoms with van der Waals surface area (Å²) in [4.78, 5) is 37.1. The number of carbonyl (C=O) groups excluding carboxylic acids is 1. The van der Waals surface area contributed by atoms with E-state index in [1.807, 2.05) is 34.9 Å². The molecule has 2 atom stereocenters. The number of nitrogens with one attached hydrogen (secondary N) is 1. The Hall–Kier alpha value is -2.93. The smallest absolute Gasteiger partial charge is 0.252 e. The van der Waals surface area contributed by atoms with Gasteiger partial charge in [-0.1, -0.05) is 37.3 Å². The van der Waals surface area contributed by atoms with Gasteiger partial charge in [0.05, 0.1) is 19.6 Å². The van der Waals surface area contributed by atoms with Gasteiger partial charge in [0, 0.05) is 30.9 Å². The fourth-order valence-electron chi connectivity index (χ4n) is 4.62. The summed E-state index contributed by atoms with van der Waals surface area (Å²) >= 11 is 0. The number of nitrogens with zero attached hydrogens (tertiary/aromatic N) is 3. The molecule has 0 bridgehead atoms. The zero-order valence-corrected chi connectivity index (χ0v) is 18.2. The first kappa shape index (κ1) is 21.3. The number of ether oxygens (including phenoxy) is 1. The zero-order chi connectivity index (χ0) is 21.8. The van der Waals surface area contributed by atoms with Crippen LogP contribution in [-0.2, 0) is 22.4 Å². The standard InChI is InChI=1S/C24H30N4O3/c1-3-7-17(4-2)20-14-18-8-5-6-9-19(18)28(20)24(30)15-21-25-22(16-23(29)26-21)27-10-12-31-13-11-27/h3,5-9,16-17,20H,4,10-15H2,1-2H3,(H,25,26,29). The molecule has 1 aromatic heterocycles. The molecule has 4 rings (SSSR count). The van der Waals surface area contributed by atoms with Gasteiger partial charge in [-0.3, -0.25) is 9.59 Å². The molecule has 1 fully saturated rings. The maximum Gasteiger partial charge on any atom is 0.252 e. The van der Waals surface area contributed by atoms with Crippen LogP contribution in [0.4, 0.5) is 11.5 Å². The molecule has 1 saturated heterocycles. The highest BCUT2D eigenvalue weighted by atomic mass is 16.5. The van der Waals surface area contributed by atoms with Crippen molar-refractivity contribution in [1.82, 2.24) is 9.97 Å². The summed E-state index contributed by atoms with van der Waals surface area (Å²) in [7, 11) is 0. The molecule has 7 heteroatoms. The fourth-order valence-corrected chi connectivity index (χ4v) is 4.62. The fraction of sp³-hybridized carbons (Fsp3) is 0.458. The number of aromatic amines is 1. The van der Waals surface area contributed by atoms with Gasteiger partial charge in [-0.05, 0) is 37.3 Å². The molecule has 7 nitrogen and oxygen atoms in total. The lowest BCUT2D eigenvalue weighted by atomic mass is 9.93. The number of rotatable bonds is 6. The van der Waals surface area contributed by atoms with E-state index in [0.717, 1.165) is 18.5 Å². The second kappa shape index (κ2) is 9.47. The summed E-state index contributed by atoms with van der Waals surface area (Å²) in [6.07, 6.45) is 6.10. The van der Waals surface area contributed by atoms with Gasteiger partial charge in [0.1, 0.15) is 11.6 Å². The number of carbonyl (C=O) groups is 1. The van der Waals surface area contributed by atoms with Crippen LogP contribution < -0.4 is 15.4 Å². The molecule has 1 amide bonds. The lowest BCUT2D eigenvalue weighted by Gasteiger charge is -2.30. The topological polar surface area (TPSA) is 78.5 Å². The average Bonchev–Trinajstić information content (AvgIpc) is 3.17. The zero-order valence-electron chi connectivity index (χ0n) is 18.2. The first-order chi connectivity index (χ1) is 15.1. The SMILES string of the molecule is CC=CC(CC)C1Cc2ccccc2N1C(=O)Cc1nc(N2CCOCC2)cc(=O)[nH]1. The lowest BCUT2D eigenvalue weighted by Crippen LogP contribution is -2.43. The number of anilines is 2. The summed E-state index contributed by atoms with van der Waals surface area (Å²) in [5.74, 6) is 1.24. The minimum Gasteiger partial charge on any atom is -0.378 e. The van der Waals surface area contributed by atoms with E-state index in [0.29, 0.717) is 37.9 Å². The van der Waals surface area contributed by atoms with Crippen molar-refractivity contribution >= 4 is 17.4 Å². The van der Waals surface area contributed by atoms with Crippen molar-refractivity contribution in [3.05, 3.63) is 64.2 Å². The number of morpholine rings is 1. The second-order valence-electron chi connectivity index (χ2n) is 8.09. The third-order valence-corrected chi connectivity index (χ3v) is 6.12. The van der Waals surface area contributed by atoms with E-state index in [9.17, 15) is 9.59 Å². The molecule has 0 radical (unpaired) electrons. The molecule has 2 aliphatic rings. The van der Waals surface area contributed by atoms with Crippen molar-refractivity contribution in [2.75, 3.05) is 36.1 Å². The summed E-state index contributed by atoms with van der Waals surface area (Å²) in [6, 6.07) is 9.66. The van der Waals surface area contributed by atoms with Gasteiger partial charge in [0.25, 0.3) is 5.56 Å². The van der Waals surface area contributed by atoms with Crippen LogP contribution in [0, 0.1) is 5.92 Å². The number of hydrogen-bond acceptors (Lipinski definition) is 5. The van der Waals surface area contributed by atoms with E-state index >= 15 is 0 Å². The van der Waals surface area contributed by atoms with E-state index < -0.39 is 0 Å². The molecule has 164 valence electrons. The van der Waals surface area contributed by atoms with E-state index in [4.69, 9.17) is 4.74 Å². The van der Waals surface area contributed by atoms with Crippen LogP contribution in [0.25, 0.3) is 0 Å². The van der Waals surface area contributed by atoms with Crippen LogP contribution in [0.5, 0.6) is 0 Å². The van der Waals surface area contributed by atoms with E-state index in [1.165, 1.54) is 11.6 Å². The predicted molar refractivity (Wildman–Crippen MR) is 122 cm³/mol. The van der Waals surface area contributed by atoms with Crippen LogP contribution in [0.15, 0.2) is 47.3 Å². The van der Waals surface area contributed by atoms with Crippen LogP contribution in [0.1, 0.15) is 31.7 Å². The molecular formula is C24H30N4O3. The molecule has 0 saturated carbocycles. The Morgan fingerprint density at radius 2 is 2.10 bits per heavy atom. The molecule has 3 heterocycles. The number of aromatic nitrogens is 2. The highest BCUT2D eigenvalue weighted by molar-refractivity contribution is 5.97. The summed E-state index contributed by atoms with van der Waals surface area (Å²) in [5.41, 5.74) is 1.91. The normalized spacial score (nSPS) is 19.6. The predicted octanol–water partition coefficient (Wildman–Crippen LogP) is 2.71. The maximum atomic E-state index is 13.5. The quantitative estimate of drug-likeness (QED) is 0.724.